The molecule has 0 spiro atoms. The molecule has 4 rings (SSSR count). The molecule has 7 atom stereocenters. The normalized spacial score (nSPS) is 51.8. The standard InChI is InChI=1S/C16H26O3S/c1-20(18,19)12-4-2-3-11(8-12)16(17)15-13-9-5-6-10(7-9)14(13)15/h9-17H,2-8H2,1H3. The van der Waals surface area contributed by atoms with Crippen LogP contribution in [-0.4, -0.2) is 31.1 Å². The molecule has 0 heterocycles. The van der Waals surface area contributed by atoms with Gasteiger partial charge in [0, 0.05) is 6.26 Å². The second kappa shape index (κ2) is 4.45. The summed E-state index contributed by atoms with van der Waals surface area (Å²) in [6, 6.07) is 0. The third-order valence-corrected chi connectivity index (χ3v) is 8.58. The van der Waals surface area contributed by atoms with Gasteiger partial charge in [0.15, 0.2) is 0 Å². The predicted octanol–water partition coefficient (Wildman–Crippen LogP) is 2.24. The van der Waals surface area contributed by atoms with Gasteiger partial charge in [-0.05, 0) is 74.0 Å². The summed E-state index contributed by atoms with van der Waals surface area (Å²) in [5.74, 6) is 4.12. The number of hydrogen-bond acceptors (Lipinski definition) is 3. The summed E-state index contributed by atoms with van der Waals surface area (Å²) in [4.78, 5) is 0. The summed E-state index contributed by atoms with van der Waals surface area (Å²) in [5.41, 5.74) is 0. The van der Waals surface area contributed by atoms with E-state index in [1.54, 1.807) is 0 Å². The van der Waals surface area contributed by atoms with Gasteiger partial charge in [0.25, 0.3) is 0 Å². The van der Waals surface area contributed by atoms with Crippen LogP contribution in [0.4, 0.5) is 0 Å². The van der Waals surface area contributed by atoms with Gasteiger partial charge in [0.1, 0.15) is 9.84 Å². The monoisotopic (exact) mass is 298 g/mol. The average molecular weight is 298 g/mol. The lowest BCUT2D eigenvalue weighted by Crippen LogP contribution is -2.35. The van der Waals surface area contributed by atoms with Gasteiger partial charge in [0.05, 0.1) is 11.4 Å². The molecule has 4 aliphatic carbocycles. The molecule has 4 aliphatic rings. The number of sulfone groups is 1. The molecule has 0 amide bonds. The number of aliphatic hydroxyl groups is 1. The van der Waals surface area contributed by atoms with Crippen molar-refractivity contribution in [3.8, 4) is 0 Å². The summed E-state index contributed by atoms with van der Waals surface area (Å²) >= 11 is 0. The van der Waals surface area contributed by atoms with E-state index in [0.29, 0.717) is 12.3 Å². The Morgan fingerprint density at radius 3 is 2.25 bits per heavy atom. The van der Waals surface area contributed by atoms with Crippen molar-refractivity contribution in [1.29, 1.82) is 0 Å². The quantitative estimate of drug-likeness (QED) is 0.869. The predicted molar refractivity (Wildman–Crippen MR) is 77.9 cm³/mol. The Hall–Kier alpha value is -0.0900. The second-order valence-corrected chi connectivity index (χ2v) is 10.3. The molecule has 4 fully saturated rings. The molecule has 2 bridgehead atoms. The molecule has 20 heavy (non-hydrogen) atoms. The summed E-state index contributed by atoms with van der Waals surface area (Å²) in [6.45, 7) is 0. The van der Waals surface area contributed by atoms with Crippen molar-refractivity contribution in [2.75, 3.05) is 6.26 Å². The summed E-state index contributed by atoms with van der Waals surface area (Å²) in [7, 11) is -2.94. The van der Waals surface area contributed by atoms with Gasteiger partial charge >= 0.3 is 0 Å². The highest BCUT2D eigenvalue weighted by Gasteiger charge is 2.67. The molecule has 114 valence electrons. The SMILES string of the molecule is CS(=O)(=O)C1CCCC(C(O)C2C3C4CCC(C4)C32)C1. The fourth-order valence-electron chi connectivity index (χ4n) is 6.04. The van der Waals surface area contributed by atoms with E-state index in [4.69, 9.17) is 0 Å². The Morgan fingerprint density at radius 2 is 1.65 bits per heavy atom. The highest BCUT2D eigenvalue weighted by atomic mass is 32.2. The molecule has 4 heteroatoms. The topological polar surface area (TPSA) is 54.4 Å². The molecule has 0 aromatic rings. The van der Waals surface area contributed by atoms with Gasteiger partial charge in [0.2, 0.25) is 0 Å². The summed E-state index contributed by atoms with van der Waals surface area (Å²) in [5, 5.41) is 10.6. The number of rotatable bonds is 3. The highest BCUT2D eigenvalue weighted by molar-refractivity contribution is 7.91. The van der Waals surface area contributed by atoms with E-state index in [-0.39, 0.29) is 17.3 Å². The van der Waals surface area contributed by atoms with Gasteiger partial charge in [-0.15, -0.1) is 0 Å². The van der Waals surface area contributed by atoms with Crippen molar-refractivity contribution >= 4 is 9.84 Å². The third-order valence-electron chi connectivity index (χ3n) is 6.94. The van der Waals surface area contributed by atoms with E-state index in [2.05, 4.69) is 0 Å². The van der Waals surface area contributed by atoms with Crippen LogP contribution in [-0.2, 0) is 9.84 Å². The smallest absolute Gasteiger partial charge is 0.150 e. The van der Waals surface area contributed by atoms with Crippen molar-refractivity contribution in [2.24, 2.45) is 35.5 Å². The minimum Gasteiger partial charge on any atom is -0.393 e. The fraction of sp³-hybridized carbons (Fsp3) is 1.00. The Bertz CT molecular complexity index is 484. The van der Waals surface area contributed by atoms with Crippen LogP contribution >= 0.6 is 0 Å². The molecule has 1 N–H and O–H groups in total. The second-order valence-electron chi connectivity index (χ2n) is 7.93. The maximum absolute atomic E-state index is 11.8. The summed E-state index contributed by atoms with van der Waals surface area (Å²) in [6.07, 6.45) is 8.80. The van der Waals surface area contributed by atoms with Crippen LogP contribution in [0.3, 0.4) is 0 Å². The first-order chi connectivity index (χ1) is 9.47. The molecule has 4 saturated carbocycles. The van der Waals surface area contributed by atoms with Crippen LogP contribution in [0.25, 0.3) is 0 Å². The van der Waals surface area contributed by atoms with Crippen LogP contribution in [0.5, 0.6) is 0 Å². The Balaban J connectivity index is 1.43. The fourth-order valence-corrected chi connectivity index (χ4v) is 7.24. The van der Waals surface area contributed by atoms with Gasteiger partial charge < -0.3 is 5.11 Å². The number of hydrogen-bond donors (Lipinski definition) is 1. The van der Waals surface area contributed by atoms with E-state index in [1.165, 1.54) is 25.5 Å². The minimum absolute atomic E-state index is 0.203. The van der Waals surface area contributed by atoms with Crippen molar-refractivity contribution in [3.05, 3.63) is 0 Å². The zero-order valence-electron chi connectivity index (χ0n) is 12.2. The van der Waals surface area contributed by atoms with E-state index < -0.39 is 9.84 Å². The van der Waals surface area contributed by atoms with Gasteiger partial charge in [-0.3, -0.25) is 0 Å². The van der Waals surface area contributed by atoms with Crippen LogP contribution in [0, 0.1) is 35.5 Å². The number of aliphatic hydroxyl groups excluding tert-OH is 1. The largest absolute Gasteiger partial charge is 0.393 e. The zero-order valence-corrected chi connectivity index (χ0v) is 13.1. The molecular weight excluding hydrogens is 272 g/mol. The van der Waals surface area contributed by atoms with E-state index >= 15 is 0 Å². The zero-order chi connectivity index (χ0) is 14.1. The van der Waals surface area contributed by atoms with Crippen molar-refractivity contribution in [3.63, 3.8) is 0 Å². The van der Waals surface area contributed by atoms with Gasteiger partial charge in [-0.1, -0.05) is 6.42 Å². The van der Waals surface area contributed by atoms with E-state index in [1.807, 2.05) is 0 Å². The first-order valence-electron chi connectivity index (χ1n) is 8.33. The van der Waals surface area contributed by atoms with E-state index in [0.717, 1.165) is 42.9 Å². The lowest BCUT2D eigenvalue weighted by atomic mass is 9.81. The van der Waals surface area contributed by atoms with Crippen LogP contribution in [0.2, 0.25) is 0 Å². The molecule has 3 nitrogen and oxygen atoms in total. The Kier molecular flexibility index (Phi) is 3.02. The molecular formula is C16H26O3S. The van der Waals surface area contributed by atoms with E-state index in [9.17, 15) is 13.5 Å². The van der Waals surface area contributed by atoms with Crippen molar-refractivity contribution in [2.45, 2.75) is 56.3 Å². The van der Waals surface area contributed by atoms with Crippen molar-refractivity contribution < 1.29 is 13.5 Å². The number of fused-ring (bicyclic) bond motifs is 5. The minimum atomic E-state index is -2.94. The third kappa shape index (κ3) is 1.98. The van der Waals surface area contributed by atoms with Crippen LogP contribution in [0.1, 0.15) is 44.9 Å². The molecule has 0 saturated heterocycles. The van der Waals surface area contributed by atoms with Gasteiger partial charge in [-0.25, -0.2) is 8.42 Å². The highest BCUT2D eigenvalue weighted by Crippen LogP contribution is 2.71. The van der Waals surface area contributed by atoms with Gasteiger partial charge in [-0.2, -0.15) is 0 Å². The average Bonchev–Trinajstić information content (AvgIpc) is 2.84. The molecule has 0 radical (unpaired) electrons. The van der Waals surface area contributed by atoms with Crippen LogP contribution < -0.4 is 0 Å². The van der Waals surface area contributed by atoms with Crippen LogP contribution in [0.15, 0.2) is 0 Å². The Morgan fingerprint density at radius 1 is 1.00 bits per heavy atom. The maximum Gasteiger partial charge on any atom is 0.150 e. The molecule has 0 aliphatic heterocycles. The maximum atomic E-state index is 11.8. The first kappa shape index (κ1) is 13.6. The lowest BCUT2D eigenvalue weighted by molar-refractivity contribution is 0.0513. The van der Waals surface area contributed by atoms with Crippen molar-refractivity contribution in [1.82, 2.24) is 0 Å². The molecule has 0 aromatic carbocycles. The molecule has 0 aromatic heterocycles. The molecule has 7 unspecified atom stereocenters. The Labute approximate surface area is 122 Å². The lowest BCUT2D eigenvalue weighted by Gasteiger charge is -2.32. The summed E-state index contributed by atoms with van der Waals surface area (Å²) < 4.78 is 23.5. The first-order valence-corrected chi connectivity index (χ1v) is 10.3.